The van der Waals surface area contributed by atoms with E-state index in [4.69, 9.17) is 0 Å². The van der Waals surface area contributed by atoms with Crippen LogP contribution in [0.5, 0.6) is 0 Å². The summed E-state index contributed by atoms with van der Waals surface area (Å²) in [5, 5.41) is 2.15. The first-order chi connectivity index (χ1) is 18.5. The van der Waals surface area contributed by atoms with Crippen LogP contribution in [0.15, 0.2) is 35.2 Å². The molecule has 2 aromatic rings. The van der Waals surface area contributed by atoms with Gasteiger partial charge in [0.2, 0.25) is 0 Å². The van der Waals surface area contributed by atoms with Gasteiger partial charge < -0.3 is 0 Å². The van der Waals surface area contributed by atoms with Crippen LogP contribution in [0.2, 0.25) is 0 Å². The van der Waals surface area contributed by atoms with Gasteiger partial charge in [0.25, 0.3) is 10.1 Å². The highest BCUT2D eigenvalue weighted by atomic mass is 32.2. The van der Waals surface area contributed by atoms with Crippen LogP contribution in [0.25, 0.3) is 10.8 Å². The molecule has 0 bridgehead atoms. The third-order valence-electron chi connectivity index (χ3n) is 8.02. The van der Waals surface area contributed by atoms with Crippen LogP contribution >= 0.6 is 0 Å². The van der Waals surface area contributed by atoms with Crippen molar-refractivity contribution in [3.63, 3.8) is 0 Å². The summed E-state index contributed by atoms with van der Waals surface area (Å²) in [4.78, 5) is 0.0307. The summed E-state index contributed by atoms with van der Waals surface area (Å²) in [7, 11) is -4.22. The molecule has 216 valence electrons. The predicted molar refractivity (Wildman–Crippen MR) is 165 cm³/mol. The van der Waals surface area contributed by atoms with E-state index in [0.29, 0.717) is 0 Å². The third-order valence-corrected chi connectivity index (χ3v) is 8.85. The largest absolute Gasteiger partial charge is 0.294 e. The SMILES string of the molecule is CCCCCCCCCCCCc1cccc2cc(S(=O)(=O)O)cc(CCCCCCCCCCCC)c12. The summed E-state index contributed by atoms with van der Waals surface area (Å²) in [6.45, 7) is 4.53. The molecule has 0 saturated carbocycles. The van der Waals surface area contributed by atoms with Crippen molar-refractivity contribution in [2.24, 2.45) is 0 Å². The van der Waals surface area contributed by atoms with Gasteiger partial charge in [-0.15, -0.1) is 0 Å². The maximum atomic E-state index is 12.0. The predicted octanol–water partition coefficient (Wildman–Crippen LogP) is 11.0. The molecular weight excluding hydrogens is 488 g/mol. The van der Waals surface area contributed by atoms with Crippen LogP contribution in [0, 0.1) is 0 Å². The first-order valence-electron chi connectivity index (χ1n) is 16.0. The average Bonchev–Trinajstić information content (AvgIpc) is 2.90. The van der Waals surface area contributed by atoms with Gasteiger partial charge in [-0.25, -0.2) is 0 Å². The zero-order valence-corrected chi connectivity index (χ0v) is 25.4. The molecule has 0 amide bonds. The van der Waals surface area contributed by atoms with E-state index in [1.54, 1.807) is 12.1 Å². The molecule has 2 rings (SSSR count). The van der Waals surface area contributed by atoms with Crippen molar-refractivity contribution < 1.29 is 13.0 Å². The highest BCUT2D eigenvalue weighted by Crippen LogP contribution is 2.30. The van der Waals surface area contributed by atoms with Gasteiger partial charge in [-0.05, 0) is 59.7 Å². The summed E-state index contributed by atoms with van der Waals surface area (Å²) in [6, 6.07) is 9.62. The Morgan fingerprint density at radius 2 is 0.974 bits per heavy atom. The van der Waals surface area contributed by atoms with E-state index in [9.17, 15) is 13.0 Å². The van der Waals surface area contributed by atoms with E-state index in [-0.39, 0.29) is 4.90 Å². The molecule has 0 aliphatic carbocycles. The molecule has 38 heavy (non-hydrogen) atoms. The summed E-state index contributed by atoms with van der Waals surface area (Å²) in [5.41, 5.74) is 2.41. The lowest BCUT2D eigenvalue weighted by Gasteiger charge is -2.14. The Hall–Kier alpha value is -1.39. The molecule has 0 aromatic heterocycles. The number of unbranched alkanes of at least 4 members (excludes halogenated alkanes) is 18. The van der Waals surface area contributed by atoms with E-state index in [1.165, 1.54) is 133 Å². The fraction of sp³-hybridized carbons (Fsp3) is 0.706. The van der Waals surface area contributed by atoms with Crippen molar-refractivity contribution in [1.82, 2.24) is 0 Å². The van der Waals surface area contributed by atoms with Gasteiger partial charge in [-0.1, -0.05) is 148 Å². The molecule has 0 spiro atoms. The maximum Gasteiger partial charge on any atom is 0.294 e. The van der Waals surface area contributed by atoms with Crippen molar-refractivity contribution in [3.05, 3.63) is 41.5 Å². The molecule has 3 nitrogen and oxygen atoms in total. The number of rotatable bonds is 23. The van der Waals surface area contributed by atoms with Crippen molar-refractivity contribution in [2.75, 3.05) is 0 Å². The van der Waals surface area contributed by atoms with Crippen molar-refractivity contribution >= 4 is 20.9 Å². The molecular formula is C34H56O3S. The van der Waals surface area contributed by atoms with Gasteiger partial charge in [0.15, 0.2) is 0 Å². The smallest absolute Gasteiger partial charge is 0.282 e. The second kappa shape index (κ2) is 19.6. The zero-order chi connectivity index (χ0) is 27.5. The summed E-state index contributed by atoms with van der Waals surface area (Å²) < 4.78 is 33.7. The number of aryl methyl sites for hydroxylation is 2. The molecule has 0 saturated heterocycles. The molecule has 0 aliphatic rings. The third kappa shape index (κ3) is 13.1. The lowest BCUT2D eigenvalue weighted by Crippen LogP contribution is -2.02. The lowest BCUT2D eigenvalue weighted by molar-refractivity contribution is 0.483. The normalized spacial score (nSPS) is 12.0. The number of hydrogen-bond donors (Lipinski definition) is 1. The summed E-state index contributed by atoms with van der Waals surface area (Å²) in [5.74, 6) is 0. The van der Waals surface area contributed by atoms with Gasteiger partial charge in [-0.3, -0.25) is 4.55 Å². The maximum absolute atomic E-state index is 12.0. The van der Waals surface area contributed by atoms with Crippen LogP contribution < -0.4 is 0 Å². The topological polar surface area (TPSA) is 54.4 Å². The first kappa shape index (κ1) is 32.8. The first-order valence-corrected chi connectivity index (χ1v) is 17.4. The molecule has 4 heteroatoms. The fourth-order valence-electron chi connectivity index (χ4n) is 5.73. The highest BCUT2D eigenvalue weighted by molar-refractivity contribution is 7.85. The van der Waals surface area contributed by atoms with E-state index in [0.717, 1.165) is 30.2 Å². The van der Waals surface area contributed by atoms with Crippen LogP contribution in [-0.4, -0.2) is 13.0 Å². The van der Waals surface area contributed by atoms with Crippen molar-refractivity contribution in [1.29, 1.82) is 0 Å². The van der Waals surface area contributed by atoms with Crippen molar-refractivity contribution in [3.8, 4) is 0 Å². The molecule has 0 atom stereocenters. The molecule has 0 radical (unpaired) electrons. The molecule has 0 fully saturated rings. The highest BCUT2D eigenvalue weighted by Gasteiger charge is 2.15. The fourth-order valence-corrected chi connectivity index (χ4v) is 6.30. The Bertz CT molecular complexity index is 996. The Labute approximate surface area is 235 Å². The second-order valence-corrected chi connectivity index (χ2v) is 12.9. The molecule has 0 aliphatic heterocycles. The zero-order valence-electron chi connectivity index (χ0n) is 24.6. The van der Waals surface area contributed by atoms with E-state index < -0.39 is 10.1 Å². The minimum atomic E-state index is -4.22. The monoisotopic (exact) mass is 544 g/mol. The van der Waals surface area contributed by atoms with Crippen LogP contribution in [0.1, 0.15) is 153 Å². The van der Waals surface area contributed by atoms with Crippen molar-refractivity contribution in [2.45, 2.75) is 160 Å². The van der Waals surface area contributed by atoms with Gasteiger partial charge in [-0.2, -0.15) is 8.42 Å². The van der Waals surface area contributed by atoms with Crippen LogP contribution in [-0.2, 0) is 23.0 Å². The van der Waals surface area contributed by atoms with Crippen LogP contribution in [0.3, 0.4) is 0 Å². The quantitative estimate of drug-likeness (QED) is 0.112. The van der Waals surface area contributed by atoms with Gasteiger partial charge in [0.1, 0.15) is 0 Å². The standard InChI is InChI=1S/C34H56O3S/c1-3-5-7-9-11-13-15-17-19-21-24-30-26-23-27-32-29-33(38(35,36)37)28-31(34(30)32)25-22-20-18-16-14-12-10-8-6-4-2/h23,26-29H,3-22,24-25H2,1-2H3,(H,35,36,37). The Morgan fingerprint density at radius 1 is 0.553 bits per heavy atom. The minimum Gasteiger partial charge on any atom is -0.282 e. The Balaban J connectivity index is 1.89. The summed E-state index contributed by atoms with van der Waals surface area (Å²) in [6.07, 6.45) is 28.0. The minimum absolute atomic E-state index is 0.0307. The second-order valence-electron chi connectivity index (χ2n) is 11.4. The number of benzene rings is 2. The molecule has 2 aromatic carbocycles. The number of fused-ring (bicyclic) bond motifs is 1. The average molecular weight is 545 g/mol. The molecule has 0 heterocycles. The van der Waals surface area contributed by atoms with E-state index >= 15 is 0 Å². The van der Waals surface area contributed by atoms with E-state index in [1.807, 2.05) is 12.1 Å². The van der Waals surface area contributed by atoms with Gasteiger partial charge in [0, 0.05) is 0 Å². The van der Waals surface area contributed by atoms with Crippen LogP contribution in [0.4, 0.5) is 0 Å². The van der Waals surface area contributed by atoms with E-state index in [2.05, 4.69) is 19.9 Å². The van der Waals surface area contributed by atoms with Gasteiger partial charge >= 0.3 is 0 Å². The number of hydrogen-bond acceptors (Lipinski definition) is 2. The summed E-state index contributed by atoms with van der Waals surface area (Å²) >= 11 is 0. The molecule has 1 N–H and O–H groups in total. The van der Waals surface area contributed by atoms with Gasteiger partial charge in [0.05, 0.1) is 4.90 Å². The molecule has 0 unspecified atom stereocenters. The Morgan fingerprint density at radius 3 is 1.42 bits per heavy atom. The lowest BCUT2D eigenvalue weighted by atomic mass is 9.93. The Kier molecular flexibility index (Phi) is 17.0.